The minimum atomic E-state index is 0.345. The molecule has 0 saturated carbocycles. The van der Waals surface area contributed by atoms with Crippen LogP contribution in [-0.2, 0) is 4.74 Å². The molecule has 0 radical (unpaired) electrons. The Bertz CT molecular complexity index is 570. The van der Waals surface area contributed by atoms with Crippen molar-refractivity contribution in [2.75, 3.05) is 13.7 Å². The summed E-state index contributed by atoms with van der Waals surface area (Å²) in [7, 11) is 1.73. The monoisotopic (exact) mass is 250 g/mol. The molecule has 2 rings (SSSR count). The number of imidazole rings is 1. The molecule has 92 valence electrons. The van der Waals surface area contributed by atoms with Crippen molar-refractivity contribution in [3.8, 4) is 0 Å². The highest BCUT2D eigenvalue weighted by Gasteiger charge is 2.12. The number of hydrogen-bond donors (Lipinski definition) is 1. The summed E-state index contributed by atoms with van der Waals surface area (Å²) < 4.78 is 8.12. The summed E-state index contributed by atoms with van der Waals surface area (Å²) in [5.41, 5.74) is 3.57. The van der Waals surface area contributed by atoms with E-state index < -0.39 is 0 Å². The predicted octanol–water partition coefficient (Wildman–Crippen LogP) is 3.60. The number of H-pyrrole nitrogens is 1. The van der Waals surface area contributed by atoms with Crippen LogP contribution in [0.25, 0.3) is 11.0 Å². The highest BCUT2D eigenvalue weighted by atomic mass is 32.1. The van der Waals surface area contributed by atoms with Gasteiger partial charge in [-0.2, -0.15) is 0 Å². The summed E-state index contributed by atoms with van der Waals surface area (Å²) in [6.45, 7) is 5.04. The van der Waals surface area contributed by atoms with Crippen LogP contribution >= 0.6 is 12.2 Å². The maximum absolute atomic E-state index is 5.41. The largest absolute Gasteiger partial charge is 0.385 e. The molecule has 1 aromatic carbocycles. The number of aromatic nitrogens is 2. The topological polar surface area (TPSA) is 29.9 Å². The third-order valence-corrected chi connectivity index (χ3v) is 3.42. The second-order valence-electron chi connectivity index (χ2n) is 4.40. The standard InChI is InChI=1S/C13H18N2OS/c1-9-5-4-6-11-12(9)15(13(17)14-11)10(2)7-8-16-3/h4-6,10H,7-8H2,1-3H3,(H,14,17). The summed E-state index contributed by atoms with van der Waals surface area (Å²) in [4.78, 5) is 3.26. The second kappa shape index (κ2) is 5.02. The smallest absolute Gasteiger partial charge is 0.178 e. The fraction of sp³-hybridized carbons (Fsp3) is 0.462. The fourth-order valence-corrected chi connectivity index (χ4v) is 2.58. The Morgan fingerprint density at radius 2 is 2.24 bits per heavy atom. The molecule has 4 heteroatoms. The van der Waals surface area contributed by atoms with Crippen LogP contribution in [0.3, 0.4) is 0 Å². The number of fused-ring (bicyclic) bond motifs is 1. The first-order valence-corrected chi connectivity index (χ1v) is 6.24. The third kappa shape index (κ3) is 2.28. The minimum absolute atomic E-state index is 0.345. The van der Waals surface area contributed by atoms with Gasteiger partial charge >= 0.3 is 0 Å². The molecule has 0 saturated heterocycles. The summed E-state index contributed by atoms with van der Waals surface area (Å²) in [6, 6.07) is 6.58. The summed E-state index contributed by atoms with van der Waals surface area (Å²) >= 11 is 5.41. The Morgan fingerprint density at radius 3 is 2.94 bits per heavy atom. The number of methoxy groups -OCH3 is 1. The number of hydrogen-bond acceptors (Lipinski definition) is 2. The zero-order chi connectivity index (χ0) is 12.4. The molecule has 2 aromatic rings. The van der Waals surface area contributed by atoms with Crippen molar-refractivity contribution in [3.05, 3.63) is 28.5 Å². The lowest BCUT2D eigenvalue weighted by atomic mass is 10.2. The zero-order valence-electron chi connectivity index (χ0n) is 10.5. The molecule has 0 aliphatic heterocycles. The van der Waals surface area contributed by atoms with Gasteiger partial charge in [0.05, 0.1) is 11.0 Å². The maximum Gasteiger partial charge on any atom is 0.178 e. The molecule has 1 aromatic heterocycles. The van der Waals surface area contributed by atoms with Gasteiger partial charge in [0.25, 0.3) is 0 Å². The Morgan fingerprint density at radius 1 is 1.47 bits per heavy atom. The van der Waals surface area contributed by atoms with Gasteiger partial charge in [-0.05, 0) is 44.1 Å². The van der Waals surface area contributed by atoms with Crippen molar-refractivity contribution in [1.82, 2.24) is 9.55 Å². The van der Waals surface area contributed by atoms with Crippen molar-refractivity contribution >= 4 is 23.3 Å². The van der Waals surface area contributed by atoms with Crippen LogP contribution in [0.5, 0.6) is 0 Å². The van der Waals surface area contributed by atoms with Crippen LogP contribution in [-0.4, -0.2) is 23.3 Å². The van der Waals surface area contributed by atoms with Gasteiger partial charge in [0.2, 0.25) is 0 Å². The van der Waals surface area contributed by atoms with E-state index in [9.17, 15) is 0 Å². The molecule has 17 heavy (non-hydrogen) atoms. The Balaban J connectivity index is 2.52. The molecule has 3 nitrogen and oxygen atoms in total. The van der Waals surface area contributed by atoms with E-state index in [0.717, 1.165) is 23.3 Å². The van der Waals surface area contributed by atoms with E-state index >= 15 is 0 Å². The third-order valence-electron chi connectivity index (χ3n) is 3.12. The molecule has 1 N–H and O–H groups in total. The van der Waals surface area contributed by atoms with Gasteiger partial charge in [0.15, 0.2) is 4.77 Å². The van der Waals surface area contributed by atoms with Crippen LogP contribution < -0.4 is 0 Å². The first-order valence-electron chi connectivity index (χ1n) is 5.84. The van der Waals surface area contributed by atoms with Crippen LogP contribution in [0.2, 0.25) is 0 Å². The molecular weight excluding hydrogens is 232 g/mol. The van der Waals surface area contributed by atoms with Crippen molar-refractivity contribution in [1.29, 1.82) is 0 Å². The number of rotatable bonds is 4. The Hall–Kier alpha value is -1.13. The van der Waals surface area contributed by atoms with Crippen LogP contribution in [0, 0.1) is 11.7 Å². The molecule has 0 aliphatic carbocycles. The summed E-state index contributed by atoms with van der Waals surface area (Å²) in [5.74, 6) is 0. The van der Waals surface area contributed by atoms with Gasteiger partial charge in [0.1, 0.15) is 0 Å². The van der Waals surface area contributed by atoms with Crippen molar-refractivity contribution < 1.29 is 4.74 Å². The van der Waals surface area contributed by atoms with Gasteiger partial charge < -0.3 is 14.3 Å². The predicted molar refractivity (Wildman–Crippen MR) is 73.1 cm³/mol. The van der Waals surface area contributed by atoms with E-state index in [2.05, 4.69) is 35.5 Å². The molecule has 0 bridgehead atoms. The molecule has 0 amide bonds. The first kappa shape index (κ1) is 12.3. The highest BCUT2D eigenvalue weighted by Crippen LogP contribution is 2.23. The average Bonchev–Trinajstić information content (AvgIpc) is 2.64. The number of aryl methyl sites for hydroxylation is 1. The molecular formula is C13H18N2OS. The molecule has 0 fully saturated rings. The lowest BCUT2D eigenvalue weighted by Crippen LogP contribution is -2.08. The van der Waals surface area contributed by atoms with Gasteiger partial charge in [-0.1, -0.05) is 12.1 Å². The SMILES string of the molecule is COCCC(C)n1c(=S)[nH]c2cccc(C)c21. The van der Waals surface area contributed by atoms with Crippen molar-refractivity contribution in [3.63, 3.8) is 0 Å². The van der Waals surface area contributed by atoms with E-state index in [4.69, 9.17) is 17.0 Å². The van der Waals surface area contributed by atoms with Gasteiger partial charge in [-0.25, -0.2) is 0 Å². The maximum atomic E-state index is 5.41. The van der Waals surface area contributed by atoms with Crippen LogP contribution in [0.4, 0.5) is 0 Å². The van der Waals surface area contributed by atoms with Crippen molar-refractivity contribution in [2.45, 2.75) is 26.3 Å². The highest BCUT2D eigenvalue weighted by molar-refractivity contribution is 7.71. The number of ether oxygens (including phenoxy) is 1. The van der Waals surface area contributed by atoms with E-state index in [1.807, 2.05) is 6.07 Å². The minimum Gasteiger partial charge on any atom is -0.385 e. The van der Waals surface area contributed by atoms with E-state index in [-0.39, 0.29) is 0 Å². The summed E-state index contributed by atoms with van der Waals surface area (Å²) in [5, 5.41) is 0. The molecule has 1 heterocycles. The normalized spacial score (nSPS) is 13.1. The number of benzene rings is 1. The van der Waals surface area contributed by atoms with E-state index in [1.54, 1.807) is 7.11 Å². The molecule has 0 aliphatic rings. The zero-order valence-corrected chi connectivity index (χ0v) is 11.3. The van der Waals surface area contributed by atoms with Gasteiger partial charge in [-0.15, -0.1) is 0 Å². The molecule has 1 atom stereocenters. The van der Waals surface area contributed by atoms with E-state index in [1.165, 1.54) is 11.1 Å². The number of nitrogens with zero attached hydrogens (tertiary/aromatic N) is 1. The van der Waals surface area contributed by atoms with E-state index in [0.29, 0.717) is 6.04 Å². The van der Waals surface area contributed by atoms with Gasteiger partial charge in [-0.3, -0.25) is 0 Å². The lowest BCUT2D eigenvalue weighted by molar-refractivity contribution is 0.181. The van der Waals surface area contributed by atoms with Gasteiger partial charge in [0, 0.05) is 19.8 Å². The Kier molecular flexibility index (Phi) is 3.64. The fourth-order valence-electron chi connectivity index (χ4n) is 2.19. The first-order chi connectivity index (χ1) is 8.15. The average molecular weight is 250 g/mol. The molecule has 1 unspecified atom stereocenters. The number of nitrogens with one attached hydrogen (secondary N) is 1. The lowest BCUT2D eigenvalue weighted by Gasteiger charge is -2.15. The second-order valence-corrected chi connectivity index (χ2v) is 4.79. The van der Waals surface area contributed by atoms with Crippen molar-refractivity contribution in [2.24, 2.45) is 0 Å². The summed E-state index contributed by atoms with van der Waals surface area (Å²) in [6.07, 6.45) is 0.964. The Labute approximate surface area is 106 Å². The molecule has 0 spiro atoms. The quantitative estimate of drug-likeness (QED) is 0.840. The van der Waals surface area contributed by atoms with Crippen LogP contribution in [0.15, 0.2) is 18.2 Å². The number of para-hydroxylation sites is 1. The number of aromatic amines is 1. The van der Waals surface area contributed by atoms with Crippen LogP contribution in [0.1, 0.15) is 24.9 Å².